The SMILES string of the molecule is Cc1cc(C(=O)C2(C(N)=O)CCCCC2)c(C)o1. The number of carbonyl (C=O) groups is 2. The van der Waals surface area contributed by atoms with Gasteiger partial charge >= 0.3 is 0 Å². The summed E-state index contributed by atoms with van der Waals surface area (Å²) in [5.74, 6) is 0.601. The Morgan fingerprint density at radius 2 is 1.83 bits per heavy atom. The minimum Gasteiger partial charge on any atom is -0.466 e. The van der Waals surface area contributed by atoms with Crippen molar-refractivity contribution >= 4 is 11.7 Å². The van der Waals surface area contributed by atoms with Gasteiger partial charge in [0.1, 0.15) is 16.9 Å². The molecule has 0 aliphatic heterocycles. The topological polar surface area (TPSA) is 73.3 Å². The zero-order valence-electron chi connectivity index (χ0n) is 10.9. The molecule has 0 aromatic carbocycles. The maximum Gasteiger partial charge on any atom is 0.231 e. The molecular weight excluding hydrogens is 230 g/mol. The number of rotatable bonds is 3. The number of amides is 1. The Balaban J connectivity index is 2.40. The van der Waals surface area contributed by atoms with Gasteiger partial charge in [-0.1, -0.05) is 19.3 Å². The molecule has 4 nitrogen and oxygen atoms in total. The molecule has 0 unspecified atom stereocenters. The number of hydrogen-bond acceptors (Lipinski definition) is 3. The second kappa shape index (κ2) is 4.59. The van der Waals surface area contributed by atoms with E-state index in [-0.39, 0.29) is 5.78 Å². The van der Waals surface area contributed by atoms with E-state index in [0.717, 1.165) is 19.3 Å². The van der Waals surface area contributed by atoms with Gasteiger partial charge in [0.05, 0.1) is 5.56 Å². The van der Waals surface area contributed by atoms with Gasteiger partial charge in [-0.3, -0.25) is 9.59 Å². The molecule has 1 amide bonds. The minimum atomic E-state index is -1.01. The molecule has 18 heavy (non-hydrogen) atoms. The fourth-order valence-electron chi connectivity index (χ4n) is 2.85. The monoisotopic (exact) mass is 249 g/mol. The first-order valence-electron chi connectivity index (χ1n) is 6.39. The summed E-state index contributed by atoms with van der Waals surface area (Å²) in [6, 6.07) is 1.71. The van der Waals surface area contributed by atoms with Gasteiger partial charge in [0.15, 0.2) is 5.78 Å². The normalized spacial score (nSPS) is 18.6. The molecule has 0 bridgehead atoms. The molecule has 0 saturated heterocycles. The van der Waals surface area contributed by atoms with Gasteiger partial charge in [-0.05, 0) is 32.8 Å². The van der Waals surface area contributed by atoms with Crippen molar-refractivity contribution in [1.82, 2.24) is 0 Å². The number of Topliss-reactive ketones (excluding diaryl/α,β-unsaturated/α-hetero) is 1. The summed E-state index contributed by atoms with van der Waals surface area (Å²) in [7, 11) is 0. The van der Waals surface area contributed by atoms with Crippen LogP contribution in [-0.4, -0.2) is 11.7 Å². The lowest BCUT2D eigenvalue weighted by Gasteiger charge is -2.32. The molecule has 98 valence electrons. The Morgan fingerprint density at radius 1 is 1.22 bits per heavy atom. The highest BCUT2D eigenvalue weighted by Gasteiger charge is 2.46. The molecule has 2 N–H and O–H groups in total. The number of hydrogen-bond donors (Lipinski definition) is 1. The standard InChI is InChI=1S/C14H19NO3/c1-9-8-11(10(2)18-9)12(16)14(13(15)17)6-4-3-5-7-14/h8H,3-7H2,1-2H3,(H2,15,17). The third kappa shape index (κ3) is 1.96. The second-order valence-corrected chi connectivity index (χ2v) is 5.16. The Hall–Kier alpha value is -1.58. The highest BCUT2D eigenvalue weighted by molar-refractivity contribution is 6.14. The van der Waals surface area contributed by atoms with E-state index in [9.17, 15) is 9.59 Å². The molecule has 1 fully saturated rings. The summed E-state index contributed by atoms with van der Waals surface area (Å²) in [6.07, 6.45) is 3.94. The molecule has 0 radical (unpaired) electrons. The van der Waals surface area contributed by atoms with Crippen LogP contribution in [0.4, 0.5) is 0 Å². The zero-order valence-corrected chi connectivity index (χ0v) is 10.9. The number of furan rings is 1. The number of nitrogens with two attached hydrogens (primary N) is 1. The van der Waals surface area contributed by atoms with Crippen LogP contribution in [0.5, 0.6) is 0 Å². The van der Waals surface area contributed by atoms with Crippen molar-refractivity contribution in [3.63, 3.8) is 0 Å². The summed E-state index contributed by atoms with van der Waals surface area (Å²) in [6.45, 7) is 3.54. The van der Waals surface area contributed by atoms with Crippen LogP contribution >= 0.6 is 0 Å². The number of aryl methyl sites for hydroxylation is 2. The number of primary amides is 1. The van der Waals surface area contributed by atoms with E-state index < -0.39 is 11.3 Å². The van der Waals surface area contributed by atoms with Gasteiger partial charge in [-0.25, -0.2) is 0 Å². The fourth-order valence-corrected chi connectivity index (χ4v) is 2.85. The largest absolute Gasteiger partial charge is 0.466 e. The Kier molecular flexibility index (Phi) is 3.28. The number of ketones is 1. The first kappa shape index (κ1) is 12.9. The van der Waals surface area contributed by atoms with Gasteiger partial charge in [-0.15, -0.1) is 0 Å². The van der Waals surface area contributed by atoms with Crippen molar-refractivity contribution in [1.29, 1.82) is 0 Å². The van der Waals surface area contributed by atoms with Crippen LogP contribution in [0.25, 0.3) is 0 Å². The Bertz CT molecular complexity index is 481. The van der Waals surface area contributed by atoms with Crippen LogP contribution in [0.2, 0.25) is 0 Å². The lowest BCUT2D eigenvalue weighted by Crippen LogP contribution is -2.45. The smallest absolute Gasteiger partial charge is 0.231 e. The van der Waals surface area contributed by atoms with E-state index in [4.69, 9.17) is 10.2 Å². The lowest BCUT2D eigenvalue weighted by molar-refractivity contribution is -0.126. The first-order valence-corrected chi connectivity index (χ1v) is 6.39. The maximum absolute atomic E-state index is 12.6. The summed E-state index contributed by atoms with van der Waals surface area (Å²) in [5, 5.41) is 0. The zero-order chi connectivity index (χ0) is 13.3. The molecule has 1 heterocycles. The predicted octanol–water partition coefficient (Wildman–Crippen LogP) is 2.51. The van der Waals surface area contributed by atoms with Crippen LogP contribution in [0.3, 0.4) is 0 Å². The van der Waals surface area contributed by atoms with E-state index in [1.165, 1.54) is 0 Å². The molecular formula is C14H19NO3. The summed E-state index contributed by atoms with van der Waals surface area (Å²) < 4.78 is 5.38. The molecule has 0 spiro atoms. The highest BCUT2D eigenvalue weighted by atomic mass is 16.3. The molecule has 0 atom stereocenters. The summed E-state index contributed by atoms with van der Waals surface area (Å²) in [4.78, 5) is 24.4. The van der Waals surface area contributed by atoms with Gasteiger partial charge in [0, 0.05) is 0 Å². The lowest BCUT2D eigenvalue weighted by atomic mass is 9.69. The minimum absolute atomic E-state index is 0.163. The van der Waals surface area contributed by atoms with E-state index >= 15 is 0 Å². The maximum atomic E-state index is 12.6. The van der Waals surface area contributed by atoms with Crippen LogP contribution in [0.1, 0.15) is 54.0 Å². The van der Waals surface area contributed by atoms with Gasteiger partial charge in [0.25, 0.3) is 0 Å². The fraction of sp³-hybridized carbons (Fsp3) is 0.571. The molecule has 1 aromatic heterocycles. The van der Waals surface area contributed by atoms with Gasteiger partial charge < -0.3 is 10.2 Å². The van der Waals surface area contributed by atoms with Crippen LogP contribution in [0.15, 0.2) is 10.5 Å². The second-order valence-electron chi connectivity index (χ2n) is 5.16. The van der Waals surface area contributed by atoms with Crippen molar-refractivity contribution in [3.05, 3.63) is 23.2 Å². The summed E-state index contributed by atoms with van der Waals surface area (Å²) in [5.41, 5.74) is 5.00. The molecule has 1 saturated carbocycles. The van der Waals surface area contributed by atoms with Crippen molar-refractivity contribution in [2.24, 2.45) is 11.1 Å². The van der Waals surface area contributed by atoms with Gasteiger partial charge in [0.2, 0.25) is 5.91 Å². The summed E-state index contributed by atoms with van der Waals surface area (Å²) >= 11 is 0. The number of carbonyl (C=O) groups excluding carboxylic acids is 2. The van der Waals surface area contributed by atoms with Crippen molar-refractivity contribution < 1.29 is 14.0 Å². The third-order valence-corrected chi connectivity index (χ3v) is 3.90. The average Bonchev–Trinajstić information content (AvgIpc) is 2.68. The highest BCUT2D eigenvalue weighted by Crippen LogP contribution is 2.39. The predicted molar refractivity (Wildman–Crippen MR) is 67.2 cm³/mol. The van der Waals surface area contributed by atoms with Gasteiger partial charge in [-0.2, -0.15) is 0 Å². The van der Waals surface area contributed by atoms with E-state index in [0.29, 0.717) is 29.9 Å². The molecule has 1 aliphatic rings. The third-order valence-electron chi connectivity index (χ3n) is 3.90. The molecule has 1 aliphatic carbocycles. The van der Waals surface area contributed by atoms with Crippen molar-refractivity contribution in [2.45, 2.75) is 46.0 Å². The van der Waals surface area contributed by atoms with Crippen molar-refractivity contribution in [2.75, 3.05) is 0 Å². The van der Waals surface area contributed by atoms with E-state index in [2.05, 4.69) is 0 Å². The van der Waals surface area contributed by atoms with E-state index in [1.807, 2.05) is 0 Å². The van der Waals surface area contributed by atoms with Crippen LogP contribution in [-0.2, 0) is 4.79 Å². The van der Waals surface area contributed by atoms with E-state index in [1.54, 1.807) is 19.9 Å². The first-order chi connectivity index (χ1) is 8.47. The Labute approximate surface area is 107 Å². The molecule has 2 rings (SSSR count). The average molecular weight is 249 g/mol. The Morgan fingerprint density at radius 3 is 2.28 bits per heavy atom. The van der Waals surface area contributed by atoms with Crippen molar-refractivity contribution in [3.8, 4) is 0 Å². The van der Waals surface area contributed by atoms with Crippen LogP contribution < -0.4 is 5.73 Å². The molecule has 4 heteroatoms. The van der Waals surface area contributed by atoms with Crippen LogP contribution in [0, 0.1) is 19.3 Å². The molecule has 1 aromatic rings. The quantitative estimate of drug-likeness (QED) is 0.660.